The molecule has 0 aromatic heterocycles. The second kappa shape index (κ2) is 3.45. The molecule has 0 bridgehead atoms. The molecule has 4 heteroatoms. The minimum absolute atomic E-state index is 0.193. The lowest BCUT2D eigenvalue weighted by molar-refractivity contribution is 0.0685. The molecule has 1 spiro atoms. The van der Waals surface area contributed by atoms with Gasteiger partial charge in [-0.25, -0.2) is 9.18 Å². The van der Waals surface area contributed by atoms with Crippen molar-refractivity contribution in [3.63, 3.8) is 0 Å². The van der Waals surface area contributed by atoms with E-state index < -0.39 is 11.8 Å². The molecule has 1 heterocycles. The summed E-state index contributed by atoms with van der Waals surface area (Å²) in [6.07, 6.45) is 3.71. The van der Waals surface area contributed by atoms with Crippen molar-refractivity contribution in [3.8, 4) is 0 Å². The average Bonchev–Trinajstić information content (AvgIpc) is 2.12. The molecule has 17 heavy (non-hydrogen) atoms. The van der Waals surface area contributed by atoms with Crippen molar-refractivity contribution in [1.29, 1.82) is 0 Å². The average molecular weight is 235 g/mol. The first-order valence-corrected chi connectivity index (χ1v) is 5.88. The van der Waals surface area contributed by atoms with E-state index in [1.54, 1.807) is 12.1 Å². The Balaban J connectivity index is 1.88. The van der Waals surface area contributed by atoms with Gasteiger partial charge in [0.15, 0.2) is 0 Å². The fourth-order valence-electron chi connectivity index (χ4n) is 2.91. The number of anilines is 1. The van der Waals surface area contributed by atoms with E-state index in [0.29, 0.717) is 11.1 Å². The number of nitrogens with zero attached hydrogens (tertiary/aromatic N) is 1. The number of rotatable bonds is 2. The molecule has 1 saturated carbocycles. The van der Waals surface area contributed by atoms with Gasteiger partial charge in [0.1, 0.15) is 11.4 Å². The molecule has 1 aliphatic heterocycles. The summed E-state index contributed by atoms with van der Waals surface area (Å²) in [5.74, 6) is -1.84. The predicted octanol–water partition coefficient (Wildman–Crippen LogP) is 2.51. The standard InChI is InChI=1S/C13H14FNO2/c14-9-3-1-4-10(11(9)12(16)17)15-7-13(8-15)5-2-6-13/h1,3-4H,2,5-8H2,(H,16,17). The van der Waals surface area contributed by atoms with Crippen molar-refractivity contribution >= 4 is 11.7 Å². The van der Waals surface area contributed by atoms with Crippen LogP contribution in [0.5, 0.6) is 0 Å². The maximum atomic E-state index is 13.5. The van der Waals surface area contributed by atoms with Crippen LogP contribution < -0.4 is 4.90 Å². The lowest BCUT2D eigenvalue weighted by Gasteiger charge is -2.57. The summed E-state index contributed by atoms with van der Waals surface area (Å²) < 4.78 is 13.5. The Morgan fingerprint density at radius 3 is 2.59 bits per heavy atom. The van der Waals surface area contributed by atoms with E-state index in [9.17, 15) is 9.18 Å². The molecule has 1 aliphatic carbocycles. The minimum Gasteiger partial charge on any atom is -0.478 e. The Bertz CT molecular complexity index is 474. The summed E-state index contributed by atoms with van der Waals surface area (Å²) in [6.45, 7) is 1.74. The zero-order chi connectivity index (χ0) is 12.0. The van der Waals surface area contributed by atoms with Gasteiger partial charge in [0.2, 0.25) is 0 Å². The normalized spacial score (nSPS) is 20.9. The molecular weight excluding hydrogens is 221 g/mol. The van der Waals surface area contributed by atoms with Crippen LogP contribution in [0.4, 0.5) is 10.1 Å². The van der Waals surface area contributed by atoms with Crippen LogP contribution >= 0.6 is 0 Å². The molecule has 90 valence electrons. The summed E-state index contributed by atoms with van der Waals surface area (Å²) in [7, 11) is 0. The third kappa shape index (κ3) is 1.51. The number of halogens is 1. The van der Waals surface area contributed by atoms with E-state index in [0.717, 1.165) is 13.1 Å². The molecular formula is C13H14FNO2. The van der Waals surface area contributed by atoms with Gasteiger partial charge >= 0.3 is 5.97 Å². The highest BCUT2D eigenvalue weighted by Crippen LogP contribution is 2.49. The van der Waals surface area contributed by atoms with Crippen LogP contribution in [0.25, 0.3) is 0 Å². The molecule has 1 saturated heterocycles. The smallest absolute Gasteiger partial charge is 0.340 e. The lowest BCUT2D eigenvalue weighted by Crippen LogP contribution is -2.60. The summed E-state index contributed by atoms with van der Waals surface area (Å²) >= 11 is 0. The van der Waals surface area contributed by atoms with E-state index in [4.69, 9.17) is 5.11 Å². The van der Waals surface area contributed by atoms with Crippen LogP contribution in [-0.2, 0) is 0 Å². The highest BCUT2D eigenvalue weighted by atomic mass is 19.1. The lowest BCUT2D eigenvalue weighted by atomic mass is 9.63. The van der Waals surface area contributed by atoms with E-state index in [-0.39, 0.29) is 5.56 Å². The van der Waals surface area contributed by atoms with E-state index in [2.05, 4.69) is 0 Å². The second-order valence-electron chi connectivity index (χ2n) is 5.15. The van der Waals surface area contributed by atoms with Crippen molar-refractivity contribution in [2.45, 2.75) is 19.3 Å². The van der Waals surface area contributed by atoms with Gasteiger partial charge < -0.3 is 10.0 Å². The molecule has 2 aliphatic rings. The van der Waals surface area contributed by atoms with Gasteiger partial charge in [0, 0.05) is 18.5 Å². The molecule has 0 amide bonds. The number of carbonyl (C=O) groups is 1. The number of carboxylic acid groups (broad SMARTS) is 1. The maximum Gasteiger partial charge on any atom is 0.340 e. The van der Waals surface area contributed by atoms with Gasteiger partial charge in [-0.2, -0.15) is 0 Å². The zero-order valence-corrected chi connectivity index (χ0v) is 9.45. The number of hydrogen-bond donors (Lipinski definition) is 1. The molecule has 3 rings (SSSR count). The van der Waals surface area contributed by atoms with Gasteiger partial charge in [-0.15, -0.1) is 0 Å². The van der Waals surface area contributed by atoms with Crippen molar-refractivity contribution in [2.75, 3.05) is 18.0 Å². The van der Waals surface area contributed by atoms with Gasteiger partial charge in [-0.3, -0.25) is 0 Å². The number of hydrogen-bond acceptors (Lipinski definition) is 2. The molecule has 3 nitrogen and oxygen atoms in total. The predicted molar refractivity (Wildman–Crippen MR) is 61.9 cm³/mol. The maximum absolute atomic E-state index is 13.5. The molecule has 2 fully saturated rings. The molecule has 1 aromatic rings. The molecule has 0 atom stereocenters. The quantitative estimate of drug-likeness (QED) is 0.856. The largest absolute Gasteiger partial charge is 0.478 e. The first kappa shape index (κ1) is 10.6. The second-order valence-corrected chi connectivity index (χ2v) is 5.15. The fourth-order valence-corrected chi connectivity index (χ4v) is 2.91. The first-order chi connectivity index (χ1) is 8.11. The SMILES string of the molecule is O=C(O)c1c(F)cccc1N1CC2(CCC2)C1. The third-order valence-corrected chi connectivity index (χ3v) is 4.01. The van der Waals surface area contributed by atoms with E-state index in [1.165, 1.54) is 25.3 Å². The monoisotopic (exact) mass is 235 g/mol. The van der Waals surface area contributed by atoms with Gasteiger partial charge in [-0.1, -0.05) is 12.5 Å². The highest BCUT2D eigenvalue weighted by molar-refractivity contribution is 5.95. The summed E-state index contributed by atoms with van der Waals surface area (Å²) in [6, 6.07) is 4.47. The van der Waals surface area contributed by atoms with Crippen LogP contribution in [0.2, 0.25) is 0 Å². The van der Waals surface area contributed by atoms with Crippen molar-refractivity contribution in [2.24, 2.45) is 5.41 Å². The molecule has 1 N–H and O–H groups in total. The van der Waals surface area contributed by atoms with Gasteiger partial charge in [0.05, 0.1) is 5.69 Å². The Morgan fingerprint density at radius 2 is 2.06 bits per heavy atom. The zero-order valence-electron chi connectivity index (χ0n) is 9.45. The summed E-state index contributed by atoms with van der Waals surface area (Å²) in [4.78, 5) is 13.0. The van der Waals surface area contributed by atoms with Crippen LogP contribution in [0.15, 0.2) is 18.2 Å². The van der Waals surface area contributed by atoms with Crippen LogP contribution in [-0.4, -0.2) is 24.2 Å². The summed E-state index contributed by atoms with van der Waals surface area (Å²) in [5.41, 5.74) is 0.735. The van der Waals surface area contributed by atoms with Crippen LogP contribution in [0.1, 0.15) is 29.6 Å². The third-order valence-electron chi connectivity index (χ3n) is 4.01. The number of aromatic carboxylic acids is 1. The molecule has 0 radical (unpaired) electrons. The Morgan fingerprint density at radius 1 is 1.35 bits per heavy atom. The van der Waals surface area contributed by atoms with E-state index in [1.807, 2.05) is 4.90 Å². The minimum atomic E-state index is -1.19. The topological polar surface area (TPSA) is 40.5 Å². The number of carboxylic acids is 1. The Labute approximate surface area is 98.9 Å². The van der Waals surface area contributed by atoms with Crippen molar-refractivity contribution in [1.82, 2.24) is 0 Å². The number of benzene rings is 1. The molecule has 1 aromatic carbocycles. The van der Waals surface area contributed by atoms with Crippen molar-refractivity contribution in [3.05, 3.63) is 29.6 Å². The van der Waals surface area contributed by atoms with Crippen molar-refractivity contribution < 1.29 is 14.3 Å². The van der Waals surface area contributed by atoms with Crippen LogP contribution in [0.3, 0.4) is 0 Å². The Hall–Kier alpha value is -1.58. The van der Waals surface area contributed by atoms with E-state index >= 15 is 0 Å². The first-order valence-electron chi connectivity index (χ1n) is 5.88. The van der Waals surface area contributed by atoms with Gasteiger partial charge in [0.25, 0.3) is 0 Å². The fraction of sp³-hybridized carbons (Fsp3) is 0.462. The summed E-state index contributed by atoms with van der Waals surface area (Å²) in [5, 5.41) is 9.05. The van der Waals surface area contributed by atoms with Gasteiger partial charge in [-0.05, 0) is 25.0 Å². The Kier molecular flexibility index (Phi) is 2.15. The molecule has 0 unspecified atom stereocenters. The van der Waals surface area contributed by atoms with Crippen LogP contribution in [0, 0.1) is 11.2 Å². The highest BCUT2D eigenvalue weighted by Gasteiger charge is 2.48.